The molecule has 3 amide bonds. The topological polar surface area (TPSA) is 80.2 Å². The minimum atomic E-state index is -4.49. The van der Waals surface area contributed by atoms with Crippen molar-refractivity contribution in [3.05, 3.63) is 23.9 Å². The van der Waals surface area contributed by atoms with Gasteiger partial charge in [0, 0.05) is 58.1 Å². The number of nitrogens with zero attached hydrogens (tertiary/aromatic N) is 5. The van der Waals surface area contributed by atoms with Crippen LogP contribution < -0.4 is 4.90 Å². The lowest BCUT2D eigenvalue weighted by Gasteiger charge is -2.43. The lowest BCUT2D eigenvalue weighted by atomic mass is 9.78. The maximum absolute atomic E-state index is 13.5. The number of aliphatic hydroxyl groups excluding tert-OH is 1. The molecule has 4 aliphatic rings. The van der Waals surface area contributed by atoms with Crippen molar-refractivity contribution in [1.29, 1.82) is 0 Å². The number of piperazine rings is 1. The van der Waals surface area contributed by atoms with Crippen LogP contribution in [0.15, 0.2) is 18.3 Å². The van der Waals surface area contributed by atoms with Gasteiger partial charge < -0.3 is 24.7 Å². The molecule has 1 aliphatic carbocycles. The molecule has 1 atom stereocenters. The second-order valence-corrected chi connectivity index (χ2v) is 10.6. The number of amides is 3. The van der Waals surface area contributed by atoms with E-state index in [1.165, 1.54) is 12.3 Å². The van der Waals surface area contributed by atoms with Crippen molar-refractivity contribution >= 4 is 17.8 Å². The zero-order chi connectivity index (χ0) is 25.5. The molecule has 3 aliphatic heterocycles. The van der Waals surface area contributed by atoms with E-state index in [1.54, 1.807) is 14.7 Å². The Hall–Kier alpha value is -2.56. The molecule has 198 valence electrons. The highest BCUT2D eigenvalue weighted by Crippen LogP contribution is 2.43. The zero-order valence-corrected chi connectivity index (χ0v) is 20.4. The van der Waals surface area contributed by atoms with Crippen molar-refractivity contribution in [3.63, 3.8) is 0 Å². The number of halogens is 3. The van der Waals surface area contributed by atoms with E-state index in [1.807, 2.05) is 4.90 Å². The molecule has 0 bridgehead atoms. The number of likely N-dealkylation sites (tertiary alicyclic amines) is 2. The fraction of sp³-hybridized carbons (Fsp3) is 0.720. The van der Waals surface area contributed by atoms with Gasteiger partial charge >= 0.3 is 12.2 Å². The molecule has 1 aromatic rings. The molecule has 3 saturated heterocycles. The van der Waals surface area contributed by atoms with Gasteiger partial charge in [0.2, 0.25) is 5.91 Å². The first-order chi connectivity index (χ1) is 17.2. The van der Waals surface area contributed by atoms with Gasteiger partial charge in [-0.2, -0.15) is 13.2 Å². The third-order valence-electron chi connectivity index (χ3n) is 8.44. The average Bonchev–Trinajstić information content (AvgIpc) is 3.18. The van der Waals surface area contributed by atoms with Crippen LogP contribution in [0.1, 0.15) is 50.5 Å². The number of piperidine rings is 1. The first kappa shape index (κ1) is 25.1. The molecule has 5 rings (SSSR count). The first-order valence-electron chi connectivity index (χ1n) is 13.0. The molecule has 11 heteroatoms. The third-order valence-corrected chi connectivity index (χ3v) is 8.44. The lowest BCUT2D eigenvalue weighted by Crippen LogP contribution is -2.57. The minimum absolute atomic E-state index is 0.0964. The Morgan fingerprint density at radius 2 is 1.72 bits per heavy atom. The largest absolute Gasteiger partial charge is 0.419 e. The number of pyridine rings is 1. The first-order valence-corrected chi connectivity index (χ1v) is 13.0. The van der Waals surface area contributed by atoms with Crippen LogP contribution in [0.25, 0.3) is 0 Å². The summed E-state index contributed by atoms with van der Waals surface area (Å²) in [5.74, 6) is 0.0435. The standard InChI is InChI=1S/C25H34F3N5O3/c26-25(27,28)20-3-1-10-29-21(20)30-13-15-31(16-14-30)23(36)32-11-2-8-24(17-32)9-12-33(22(24)35)18-4-6-19(34)7-5-18/h1,3,10,18-19,34H,2,4-9,11-17H2/t18-,19-,24-/m1/s1. The molecule has 1 saturated carbocycles. The highest BCUT2D eigenvalue weighted by atomic mass is 19.4. The fourth-order valence-electron chi connectivity index (χ4n) is 6.42. The number of carbonyl (C=O) groups is 2. The van der Waals surface area contributed by atoms with Crippen LogP contribution in [0.2, 0.25) is 0 Å². The molecule has 36 heavy (non-hydrogen) atoms. The summed E-state index contributed by atoms with van der Waals surface area (Å²) in [6.45, 7) is 2.83. The summed E-state index contributed by atoms with van der Waals surface area (Å²) >= 11 is 0. The molecule has 0 unspecified atom stereocenters. The van der Waals surface area contributed by atoms with Gasteiger partial charge in [0.15, 0.2) is 0 Å². The number of aliphatic hydroxyl groups is 1. The van der Waals surface area contributed by atoms with Gasteiger partial charge in [-0.05, 0) is 57.1 Å². The summed E-state index contributed by atoms with van der Waals surface area (Å²) in [6.07, 6.45) is 1.96. The molecular weight excluding hydrogens is 475 g/mol. The predicted octanol–water partition coefficient (Wildman–Crippen LogP) is 2.96. The van der Waals surface area contributed by atoms with E-state index in [-0.39, 0.29) is 43.0 Å². The van der Waals surface area contributed by atoms with Gasteiger partial charge in [-0.3, -0.25) is 4.79 Å². The second kappa shape index (κ2) is 9.72. The number of carbonyl (C=O) groups excluding carboxylic acids is 2. The molecule has 1 spiro atoms. The zero-order valence-electron chi connectivity index (χ0n) is 20.4. The fourth-order valence-corrected chi connectivity index (χ4v) is 6.42. The van der Waals surface area contributed by atoms with E-state index in [2.05, 4.69) is 4.98 Å². The van der Waals surface area contributed by atoms with Gasteiger partial charge in [-0.1, -0.05) is 0 Å². The summed E-state index contributed by atoms with van der Waals surface area (Å²) in [4.78, 5) is 37.9. The van der Waals surface area contributed by atoms with Crippen molar-refractivity contribution in [3.8, 4) is 0 Å². The molecule has 1 N–H and O–H groups in total. The van der Waals surface area contributed by atoms with E-state index in [0.717, 1.165) is 51.0 Å². The maximum atomic E-state index is 13.5. The predicted molar refractivity (Wildman–Crippen MR) is 126 cm³/mol. The molecular formula is C25H34F3N5O3. The van der Waals surface area contributed by atoms with Crippen molar-refractivity contribution in [2.24, 2.45) is 5.41 Å². The van der Waals surface area contributed by atoms with Crippen molar-refractivity contribution < 1.29 is 27.9 Å². The summed E-state index contributed by atoms with van der Waals surface area (Å²) in [5.41, 5.74) is -1.30. The van der Waals surface area contributed by atoms with E-state index in [9.17, 15) is 27.9 Å². The van der Waals surface area contributed by atoms with Gasteiger partial charge in [0.25, 0.3) is 0 Å². The van der Waals surface area contributed by atoms with Crippen LogP contribution in [0.5, 0.6) is 0 Å². The van der Waals surface area contributed by atoms with E-state index >= 15 is 0 Å². The number of urea groups is 1. The molecule has 1 aromatic heterocycles. The van der Waals surface area contributed by atoms with Crippen LogP contribution in [0.3, 0.4) is 0 Å². The van der Waals surface area contributed by atoms with Gasteiger partial charge in [-0.15, -0.1) is 0 Å². The number of hydrogen-bond acceptors (Lipinski definition) is 5. The molecule has 8 nitrogen and oxygen atoms in total. The second-order valence-electron chi connectivity index (χ2n) is 10.6. The highest BCUT2D eigenvalue weighted by Gasteiger charge is 2.51. The Kier molecular flexibility index (Phi) is 6.78. The van der Waals surface area contributed by atoms with Gasteiger partial charge in [0.05, 0.1) is 17.1 Å². The van der Waals surface area contributed by atoms with Gasteiger partial charge in [0.1, 0.15) is 5.82 Å². The Labute approximate surface area is 209 Å². The lowest BCUT2D eigenvalue weighted by molar-refractivity contribution is -0.141. The maximum Gasteiger partial charge on any atom is 0.419 e. The van der Waals surface area contributed by atoms with Crippen LogP contribution in [-0.2, 0) is 11.0 Å². The van der Waals surface area contributed by atoms with Crippen LogP contribution >= 0.6 is 0 Å². The number of alkyl halides is 3. The number of hydrogen-bond donors (Lipinski definition) is 1. The molecule has 0 aromatic carbocycles. The Morgan fingerprint density at radius 3 is 2.42 bits per heavy atom. The van der Waals surface area contributed by atoms with Crippen LogP contribution in [-0.4, -0.2) is 94.7 Å². The smallest absolute Gasteiger partial charge is 0.393 e. The minimum Gasteiger partial charge on any atom is -0.393 e. The van der Waals surface area contributed by atoms with E-state index in [4.69, 9.17) is 0 Å². The molecule has 4 heterocycles. The molecule has 4 fully saturated rings. The normalized spacial score (nSPS) is 29.8. The Balaban J connectivity index is 1.20. The summed E-state index contributed by atoms with van der Waals surface area (Å²) in [5, 5.41) is 9.82. The van der Waals surface area contributed by atoms with Crippen molar-refractivity contribution in [2.45, 2.75) is 63.3 Å². The highest BCUT2D eigenvalue weighted by molar-refractivity contribution is 5.86. The SMILES string of the molecule is O=C(N1CCN(c2ncccc2C(F)(F)F)CC1)N1CCC[C@@]2(CCN([C@H]3CC[C@H](O)CC3)C2=O)C1. The van der Waals surface area contributed by atoms with Gasteiger partial charge in [-0.25, -0.2) is 9.78 Å². The van der Waals surface area contributed by atoms with Crippen LogP contribution in [0.4, 0.5) is 23.8 Å². The monoisotopic (exact) mass is 509 g/mol. The van der Waals surface area contributed by atoms with Crippen molar-refractivity contribution in [2.75, 3.05) is 50.7 Å². The van der Waals surface area contributed by atoms with E-state index in [0.29, 0.717) is 32.7 Å². The van der Waals surface area contributed by atoms with Crippen molar-refractivity contribution in [1.82, 2.24) is 19.7 Å². The quantitative estimate of drug-likeness (QED) is 0.663. The van der Waals surface area contributed by atoms with E-state index < -0.39 is 17.2 Å². The summed E-state index contributed by atoms with van der Waals surface area (Å²) in [7, 11) is 0. The number of anilines is 1. The summed E-state index contributed by atoms with van der Waals surface area (Å²) in [6, 6.07) is 2.34. The average molecular weight is 510 g/mol. The molecule has 0 radical (unpaired) electrons. The third kappa shape index (κ3) is 4.73. The number of rotatable bonds is 2. The Morgan fingerprint density at radius 1 is 1.00 bits per heavy atom. The summed E-state index contributed by atoms with van der Waals surface area (Å²) < 4.78 is 40.2. The van der Waals surface area contributed by atoms with Crippen LogP contribution in [0, 0.1) is 5.41 Å². The number of aromatic nitrogens is 1. The Bertz CT molecular complexity index is 976.